The highest BCUT2D eigenvalue weighted by molar-refractivity contribution is 8.20. The zero-order chi connectivity index (χ0) is 10.9. The minimum Gasteiger partial charge on any atom is -0.148 e. The molecular weight excluding hydrogens is 195 g/mol. The Balaban J connectivity index is 4.25. The Labute approximate surface area is 93.4 Å². The zero-order valence-electron chi connectivity index (χ0n) is 10.3. The van der Waals surface area contributed by atoms with Crippen molar-refractivity contribution >= 4 is 31.4 Å². The van der Waals surface area contributed by atoms with Gasteiger partial charge in [-0.05, 0) is 6.92 Å². The number of thioether (sulfide) groups is 2. The molecule has 0 rings (SSSR count). The molecular formula is C10H23BS2. The molecule has 0 saturated heterocycles. The van der Waals surface area contributed by atoms with Crippen LogP contribution in [0.1, 0.15) is 48.5 Å². The van der Waals surface area contributed by atoms with Crippen LogP contribution in [0.15, 0.2) is 0 Å². The van der Waals surface area contributed by atoms with Crippen LogP contribution in [0.3, 0.4) is 0 Å². The molecule has 0 saturated carbocycles. The van der Waals surface area contributed by atoms with E-state index >= 15 is 0 Å². The molecule has 0 heterocycles. The summed E-state index contributed by atoms with van der Waals surface area (Å²) in [6.07, 6.45) is 0. The van der Waals surface area contributed by atoms with Crippen LogP contribution in [0, 0.1) is 0 Å². The van der Waals surface area contributed by atoms with Crippen molar-refractivity contribution in [3.8, 4) is 0 Å². The quantitative estimate of drug-likeness (QED) is 0.515. The molecule has 0 aromatic carbocycles. The van der Waals surface area contributed by atoms with Crippen molar-refractivity contribution in [3.63, 3.8) is 0 Å². The molecule has 0 nitrogen and oxygen atoms in total. The average Bonchev–Trinajstić information content (AvgIpc) is 1.43. The molecule has 3 heteroatoms. The lowest BCUT2D eigenvalue weighted by Crippen LogP contribution is -2.28. The van der Waals surface area contributed by atoms with Gasteiger partial charge in [0.2, 0.25) is 0 Å². The second-order valence-corrected chi connectivity index (χ2v) is 11.0. The van der Waals surface area contributed by atoms with E-state index in [4.69, 9.17) is 0 Å². The summed E-state index contributed by atoms with van der Waals surface area (Å²) < 4.78 is 1.00. The maximum atomic E-state index is 2.32. The Morgan fingerprint density at radius 1 is 0.692 bits per heavy atom. The Kier molecular flexibility index (Phi) is 4.34. The first-order valence-electron chi connectivity index (χ1n) is 4.82. The van der Waals surface area contributed by atoms with Crippen LogP contribution in [0.25, 0.3) is 0 Å². The fraction of sp³-hybridized carbons (Fsp3) is 1.00. The molecule has 0 amide bonds. The zero-order valence-corrected chi connectivity index (χ0v) is 11.9. The fourth-order valence-corrected chi connectivity index (χ4v) is 6.11. The molecule has 0 aliphatic rings. The Morgan fingerprint density at radius 2 is 0.923 bits per heavy atom. The molecule has 13 heavy (non-hydrogen) atoms. The van der Waals surface area contributed by atoms with Crippen LogP contribution < -0.4 is 0 Å². The van der Waals surface area contributed by atoms with E-state index < -0.39 is 0 Å². The smallest absolute Gasteiger partial charge is 0.135 e. The first-order valence-corrected chi connectivity index (χ1v) is 6.45. The second kappa shape index (κ2) is 4.10. The fourth-order valence-electron chi connectivity index (χ4n) is 1.50. The van der Waals surface area contributed by atoms with E-state index in [0.717, 1.165) is 0 Å². The number of hydrogen-bond acceptors (Lipinski definition) is 2. The van der Waals surface area contributed by atoms with Gasteiger partial charge in [-0.3, -0.25) is 0 Å². The topological polar surface area (TPSA) is 0 Å². The van der Waals surface area contributed by atoms with Crippen molar-refractivity contribution in [1.29, 1.82) is 0 Å². The third-order valence-electron chi connectivity index (χ3n) is 1.10. The van der Waals surface area contributed by atoms with Gasteiger partial charge in [0.15, 0.2) is 0 Å². The number of rotatable bonds is 2. The van der Waals surface area contributed by atoms with Gasteiger partial charge in [-0.2, -0.15) is 0 Å². The van der Waals surface area contributed by atoms with Crippen molar-refractivity contribution in [3.05, 3.63) is 0 Å². The molecule has 0 spiro atoms. The van der Waals surface area contributed by atoms with E-state index in [1.807, 2.05) is 23.5 Å². The minimum absolute atomic E-state index is 0.302. The summed E-state index contributed by atoms with van der Waals surface area (Å²) >= 11 is 4.10. The lowest BCUT2D eigenvalue weighted by atomic mass is 10.1. The van der Waals surface area contributed by atoms with Gasteiger partial charge in [0, 0.05) is 13.5 Å². The highest BCUT2D eigenvalue weighted by atomic mass is 32.2. The molecule has 78 valence electrons. The van der Waals surface area contributed by atoms with Gasteiger partial charge in [0.1, 0.15) is 7.85 Å². The van der Waals surface area contributed by atoms with Crippen molar-refractivity contribution in [2.45, 2.75) is 61.9 Å². The highest BCUT2D eigenvalue weighted by Gasteiger charge is 2.30. The third-order valence-corrected chi connectivity index (χ3v) is 3.81. The van der Waals surface area contributed by atoms with Crippen LogP contribution >= 0.6 is 23.5 Å². The van der Waals surface area contributed by atoms with Gasteiger partial charge in [0.25, 0.3) is 0 Å². The SMILES string of the molecule is BC(C)(SC(C)(C)C)SC(C)(C)C. The molecule has 0 unspecified atom stereocenters. The Morgan fingerprint density at radius 3 is 1.08 bits per heavy atom. The van der Waals surface area contributed by atoms with E-state index in [0.29, 0.717) is 13.5 Å². The predicted molar refractivity (Wildman–Crippen MR) is 71.6 cm³/mol. The summed E-state index contributed by atoms with van der Waals surface area (Å²) in [5, 5.41) is 0. The first kappa shape index (κ1) is 13.8. The van der Waals surface area contributed by atoms with E-state index in [1.165, 1.54) is 0 Å². The van der Waals surface area contributed by atoms with E-state index in [-0.39, 0.29) is 0 Å². The van der Waals surface area contributed by atoms with Crippen molar-refractivity contribution in [2.24, 2.45) is 0 Å². The molecule has 0 radical (unpaired) electrons. The van der Waals surface area contributed by atoms with Gasteiger partial charge in [-0.1, -0.05) is 41.5 Å². The van der Waals surface area contributed by atoms with Crippen molar-refractivity contribution in [1.82, 2.24) is 0 Å². The Bertz CT molecular complexity index is 145. The van der Waals surface area contributed by atoms with Crippen molar-refractivity contribution < 1.29 is 0 Å². The predicted octanol–water partition coefficient (Wildman–Crippen LogP) is 3.36. The van der Waals surface area contributed by atoms with Crippen LogP contribution in [0.5, 0.6) is 0 Å². The van der Waals surface area contributed by atoms with Gasteiger partial charge in [-0.15, -0.1) is 23.5 Å². The maximum Gasteiger partial charge on any atom is 0.135 e. The van der Waals surface area contributed by atoms with E-state index in [9.17, 15) is 0 Å². The highest BCUT2D eigenvalue weighted by Crippen LogP contribution is 2.46. The normalized spacial score (nSPS) is 14.7. The summed E-state index contributed by atoms with van der Waals surface area (Å²) in [4.78, 5) is 0. The van der Waals surface area contributed by atoms with Crippen LogP contribution in [-0.2, 0) is 0 Å². The van der Waals surface area contributed by atoms with Gasteiger partial charge >= 0.3 is 0 Å². The summed E-state index contributed by atoms with van der Waals surface area (Å²) in [6, 6.07) is 0. The Hall–Kier alpha value is 0.765. The second-order valence-electron chi connectivity index (χ2n) is 5.83. The molecule has 0 aliphatic carbocycles. The van der Waals surface area contributed by atoms with Crippen LogP contribution in [0.2, 0.25) is 0 Å². The summed E-state index contributed by atoms with van der Waals surface area (Å²) in [5.41, 5.74) is 0. The van der Waals surface area contributed by atoms with E-state index in [2.05, 4.69) is 56.3 Å². The molecule has 0 fully saturated rings. The lowest BCUT2D eigenvalue weighted by molar-refractivity contribution is 0.788. The molecule has 0 aliphatic heterocycles. The largest absolute Gasteiger partial charge is 0.148 e. The molecule has 0 atom stereocenters. The monoisotopic (exact) mass is 218 g/mol. The van der Waals surface area contributed by atoms with Gasteiger partial charge < -0.3 is 0 Å². The minimum atomic E-state index is 0.302. The van der Waals surface area contributed by atoms with Gasteiger partial charge in [0.05, 0.1) is 0 Å². The van der Waals surface area contributed by atoms with Crippen LogP contribution in [-0.4, -0.2) is 21.3 Å². The standard InChI is InChI=1S/C10H23BS2/c1-8(2,3)12-10(7,11)13-9(4,5)6/h11H2,1-7H3. The molecule has 0 N–H and O–H groups in total. The summed E-state index contributed by atoms with van der Waals surface area (Å²) in [5.74, 6) is 0. The lowest BCUT2D eigenvalue weighted by Gasteiger charge is -2.36. The van der Waals surface area contributed by atoms with Crippen LogP contribution in [0.4, 0.5) is 0 Å². The number of hydrogen-bond donors (Lipinski definition) is 0. The summed E-state index contributed by atoms with van der Waals surface area (Å²) in [7, 11) is 2.32. The van der Waals surface area contributed by atoms with Crippen molar-refractivity contribution in [2.75, 3.05) is 0 Å². The molecule has 0 aromatic heterocycles. The third kappa shape index (κ3) is 9.08. The maximum absolute atomic E-state index is 2.32. The first-order chi connectivity index (χ1) is 5.41. The summed E-state index contributed by atoms with van der Waals surface area (Å²) in [6.45, 7) is 16.0. The molecule has 0 aromatic rings. The molecule has 0 bridgehead atoms. The average molecular weight is 218 g/mol. The van der Waals surface area contributed by atoms with E-state index in [1.54, 1.807) is 0 Å². The van der Waals surface area contributed by atoms with Gasteiger partial charge in [-0.25, -0.2) is 0 Å².